The molecule has 0 saturated carbocycles. The minimum atomic E-state index is -0.629. The summed E-state index contributed by atoms with van der Waals surface area (Å²) >= 11 is 12.0. The lowest BCUT2D eigenvalue weighted by molar-refractivity contribution is 0.0599. The van der Waals surface area contributed by atoms with Crippen molar-refractivity contribution in [2.24, 2.45) is 0 Å². The van der Waals surface area contributed by atoms with Gasteiger partial charge >= 0.3 is 0 Å². The molecule has 0 aliphatic heterocycles. The zero-order chi connectivity index (χ0) is 22.5. The number of carbonyl (C=O) groups excluding carboxylic acids is 2. The number of hydrogen-bond acceptors (Lipinski definition) is 5. The Bertz CT molecular complexity index is 1110. The molecule has 0 spiro atoms. The minimum absolute atomic E-state index is 0.0353. The van der Waals surface area contributed by atoms with E-state index in [1.54, 1.807) is 50.4 Å². The Kier molecular flexibility index (Phi) is 7.15. The number of imide groups is 1. The number of aryl methyl sites for hydroxylation is 1. The van der Waals surface area contributed by atoms with E-state index in [0.29, 0.717) is 22.6 Å². The third kappa shape index (κ3) is 5.16. The van der Waals surface area contributed by atoms with Crippen LogP contribution >= 0.6 is 23.2 Å². The second-order valence-electron chi connectivity index (χ2n) is 6.68. The second kappa shape index (κ2) is 9.81. The molecule has 6 nitrogen and oxygen atoms in total. The molecule has 3 rings (SSSR count). The van der Waals surface area contributed by atoms with E-state index < -0.39 is 11.8 Å². The van der Waals surface area contributed by atoms with Crippen LogP contribution in [0.1, 0.15) is 32.0 Å². The van der Waals surface area contributed by atoms with Gasteiger partial charge in [-0.1, -0.05) is 41.4 Å². The Morgan fingerprint density at radius 3 is 2.35 bits per heavy atom. The number of rotatable bonds is 6. The van der Waals surface area contributed by atoms with Gasteiger partial charge < -0.3 is 9.47 Å². The topological polar surface area (TPSA) is 68.7 Å². The lowest BCUT2D eigenvalue weighted by atomic mass is 10.1. The summed E-state index contributed by atoms with van der Waals surface area (Å²) in [7, 11) is 3.05. The fourth-order valence-corrected chi connectivity index (χ4v) is 3.53. The van der Waals surface area contributed by atoms with Crippen molar-refractivity contribution in [2.45, 2.75) is 13.5 Å². The van der Waals surface area contributed by atoms with E-state index in [2.05, 4.69) is 4.98 Å². The van der Waals surface area contributed by atoms with Gasteiger partial charge in [-0.2, -0.15) is 0 Å². The number of carbonyl (C=O) groups is 2. The number of benzene rings is 2. The Morgan fingerprint density at radius 2 is 1.71 bits per heavy atom. The first-order valence-corrected chi connectivity index (χ1v) is 10.1. The highest BCUT2D eigenvalue weighted by atomic mass is 35.5. The maximum absolute atomic E-state index is 13.4. The summed E-state index contributed by atoms with van der Waals surface area (Å²) in [4.78, 5) is 31.9. The van der Waals surface area contributed by atoms with Crippen LogP contribution in [0.2, 0.25) is 10.2 Å². The first-order valence-electron chi connectivity index (χ1n) is 9.30. The van der Waals surface area contributed by atoms with Crippen molar-refractivity contribution in [3.63, 3.8) is 0 Å². The summed E-state index contributed by atoms with van der Waals surface area (Å²) in [6.07, 6.45) is 0. The molecule has 0 N–H and O–H groups in total. The molecular weight excluding hydrogens is 439 g/mol. The van der Waals surface area contributed by atoms with E-state index in [1.165, 1.54) is 19.2 Å². The molecule has 0 radical (unpaired) electrons. The zero-order valence-electron chi connectivity index (χ0n) is 17.2. The summed E-state index contributed by atoms with van der Waals surface area (Å²) in [6, 6.07) is 15.0. The van der Waals surface area contributed by atoms with Crippen LogP contribution in [-0.2, 0) is 6.54 Å². The number of nitrogens with zero attached hydrogens (tertiary/aromatic N) is 2. The molecule has 0 saturated heterocycles. The van der Waals surface area contributed by atoms with E-state index in [9.17, 15) is 9.59 Å². The van der Waals surface area contributed by atoms with E-state index in [-0.39, 0.29) is 22.4 Å². The quantitative estimate of drug-likeness (QED) is 0.375. The summed E-state index contributed by atoms with van der Waals surface area (Å²) in [6.45, 7) is 1.75. The third-order valence-corrected chi connectivity index (χ3v) is 5.08. The van der Waals surface area contributed by atoms with Crippen LogP contribution in [0, 0.1) is 6.92 Å². The van der Waals surface area contributed by atoms with Crippen molar-refractivity contribution >= 4 is 35.0 Å². The molecule has 0 unspecified atom stereocenters. The Labute approximate surface area is 190 Å². The van der Waals surface area contributed by atoms with Crippen LogP contribution in [0.25, 0.3) is 0 Å². The van der Waals surface area contributed by atoms with Crippen molar-refractivity contribution in [3.05, 3.63) is 87.2 Å². The highest BCUT2D eigenvalue weighted by Crippen LogP contribution is 2.27. The van der Waals surface area contributed by atoms with E-state index >= 15 is 0 Å². The molecule has 2 aromatic carbocycles. The lowest BCUT2D eigenvalue weighted by Crippen LogP contribution is -2.37. The molecule has 1 heterocycles. The molecule has 0 bridgehead atoms. The number of hydrogen-bond donors (Lipinski definition) is 0. The Hall–Kier alpha value is -3.09. The monoisotopic (exact) mass is 458 g/mol. The number of halogens is 2. The maximum Gasteiger partial charge on any atom is 0.279 e. The van der Waals surface area contributed by atoms with Crippen molar-refractivity contribution in [2.75, 3.05) is 14.2 Å². The fraction of sp³-hybridized carbons (Fsp3) is 0.174. The molecule has 0 aliphatic rings. The minimum Gasteiger partial charge on any atom is -0.497 e. The first kappa shape index (κ1) is 22.6. The molecule has 0 atom stereocenters. The molecule has 0 aliphatic carbocycles. The standard InChI is InChI=1S/C23H20Cl2N2O4/c1-14-6-4-5-7-18(14)22(28)27(23(29)19-10-16(24)11-21(25)26-19)13-15-8-9-17(30-2)12-20(15)31-3/h4-12H,13H2,1-3H3. The van der Waals surface area contributed by atoms with Gasteiger partial charge in [0.05, 0.1) is 20.8 Å². The molecule has 8 heteroatoms. The van der Waals surface area contributed by atoms with Gasteiger partial charge in [0.2, 0.25) is 0 Å². The van der Waals surface area contributed by atoms with Crippen LogP contribution in [0.4, 0.5) is 0 Å². The van der Waals surface area contributed by atoms with Gasteiger partial charge in [0.1, 0.15) is 22.3 Å². The number of aromatic nitrogens is 1. The molecule has 1 aromatic heterocycles. The molecule has 160 valence electrons. The smallest absolute Gasteiger partial charge is 0.279 e. The summed E-state index contributed by atoms with van der Waals surface area (Å²) in [5.41, 5.74) is 1.72. The molecule has 31 heavy (non-hydrogen) atoms. The second-order valence-corrected chi connectivity index (χ2v) is 7.51. The summed E-state index contributed by atoms with van der Waals surface area (Å²) in [5.74, 6) is -0.0341. The third-order valence-electron chi connectivity index (χ3n) is 4.67. The zero-order valence-corrected chi connectivity index (χ0v) is 18.7. The largest absolute Gasteiger partial charge is 0.497 e. The van der Waals surface area contributed by atoms with Crippen LogP contribution in [0.15, 0.2) is 54.6 Å². The van der Waals surface area contributed by atoms with Gasteiger partial charge in [0.15, 0.2) is 0 Å². The molecule has 2 amide bonds. The van der Waals surface area contributed by atoms with Crippen molar-refractivity contribution in [1.29, 1.82) is 0 Å². The van der Waals surface area contributed by atoms with E-state index in [4.69, 9.17) is 32.7 Å². The van der Waals surface area contributed by atoms with E-state index in [1.807, 2.05) is 6.07 Å². The van der Waals surface area contributed by atoms with Gasteiger partial charge in [0, 0.05) is 22.2 Å². The predicted molar refractivity (Wildman–Crippen MR) is 119 cm³/mol. The highest BCUT2D eigenvalue weighted by Gasteiger charge is 2.28. The van der Waals surface area contributed by atoms with Gasteiger partial charge in [-0.3, -0.25) is 14.5 Å². The number of methoxy groups -OCH3 is 2. The molecule has 3 aromatic rings. The van der Waals surface area contributed by atoms with Crippen LogP contribution < -0.4 is 9.47 Å². The number of ether oxygens (including phenoxy) is 2. The lowest BCUT2D eigenvalue weighted by Gasteiger charge is -2.23. The van der Waals surface area contributed by atoms with E-state index in [0.717, 1.165) is 10.5 Å². The normalized spacial score (nSPS) is 10.5. The predicted octanol–water partition coefficient (Wildman–Crippen LogP) is 5.20. The Morgan fingerprint density at radius 1 is 0.968 bits per heavy atom. The van der Waals surface area contributed by atoms with Crippen LogP contribution in [0.5, 0.6) is 11.5 Å². The highest BCUT2D eigenvalue weighted by molar-refractivity contribution is 6.34. The van der Waals surface area contributed by atoms with Crippen molar-refractivity contribution in [3.8, 4) is 11.5 Å². The first-order chi connectivity index (χ1) is 14.8. The fourth-order valence-electron chi connectivity index (χ4n) is 3.06. The van der Waals surface area contributed by atoms with Gasteiger partial charge in [-0.05, 0) is 42.8 Å². The Balaban J connectivity index is 2.07. The summed E-state index contributed by atoms with van der Waals surface area (Å²) < 4.78 is 10.7. The summed E-state index contributed by atoms with van der Waals surface area (Å²) in [5, 5.41) is 0.301. The van der Waals surface area contributed by atoms with Crippen molar-refractivity contribution < 1.29 is 19.1 Å². The average Bonchev–Trinajstić information content (AvgIpc) is 2.76. The average molecular weight is 459 g/mol. The molecule has 0 fully saturated rings. The number of amides is 2. The SMILES string of the molecule is COc1ccc(CN(C(=O)c2cc(Cl)cc(Cl)n2)C(=O)c2ccccc2C)c(OC)c1. The molecular formula is C23H20Cl2N2O4. The van der Waals surface area contributed by atoms with Crippen LogP contribution in [-0.4, -0.2) is 35.9 Å². The maximum atomic E-state index is 13.4. The van der Waals surface area contributed by atoms with Crippen molar-refractivity contribution in [1.82, 2.24) is 9.88 Å². The number of pyridine rings is 1. The van der Waals surface area contributed by atoms with Gasteiger partial charge in [-0.25, -0.2) is 4.98 Å². The van der Waals surface area contributed by atoms with Crippen LogP contribution in [0.3, 0.4) is 0 Å². The van der Waals surface area contributed by atoms with Gasteiger partial charge in [0.25, 0.3) is 11.8 Å². The van der Waals surface area contributed by atoms with Gasteiger partial charge in [-0.15, -0.1) is 0 Å².